The first-order valence-electron chi connectivity index (χ1n) is 6.81. The van der Waals surface area contributed by atoms with Gasteiger partial charge in [-0.15, -0.1) is 0 Å². The van der Waals surface area contributed by atoms with Crippen molar-refractivity contribution in [2.75, 3.05) is 0 Å². The lowest BCUT2D eigenvalue weighted by Gasteiger charge is -2.01. The van der Waals surface area contributed by atoms with Crippen LogP contribution >= 0.6 is 11.6 Å². The Balaban J connectivity index is 1.68. The van der Waals surface area contributed by atoms with Gasteiger partial charge in [0.25, 0.3) is 11.5 Å². The summed E-state index contributed by atoms with van der Waals surface area (Å²) in [5.74, 6) is 0.103. The van der Waals surface area contributed by atoms with Gasteiger partial charge in [-0.25, -0.2) is 0 Å². The highest BCUT2D eigenvalue weighted by atomic mass is 35.5. The second-order valence-corrected chi connectivity index (χ2v) is 5.22. The van der Waals surface area contributed by atoms with Gasteiger partial charge in [-0.05, 0) is 36.4 Å². The first-order valence-corrected chi connectivity index (χ1v) is 7.19. The van der Waals surface area contributed by atoms with Crippen LogP contribution in [0.1, 0.15) is 16.1 Å². The van der Waals surface area contributed by atoms with Crippen molar-refractivity contribution >= 4 is 17.5 Å². The predicted octanol–water partition coefficient (Wildman–Crippen LogP) is 2.61. The Bertz CT molecular complexity index is 884. The summed E-state index contributed by atoms with van der Waals surface area (Å²) in [6.45, 7) is 0.157. The van der Waals surface area contributed by atoms with Gasteiger partial charge in [-0.1, -0.05) is 16.8 Å². The van der Waals surface area contributed by atoms with Crippen molar-refractivity contribution in [3.05, 3.63) is 75.3 Å². The van der Waals surface area contributed by atoms with E-state index in [0.717, 1.165) is 5.56 Å². The van der Waals surface area contributed by atoms with Crippen LogP contribution in [-0.4, -0.2) is 16.0 Å². The van der Waals surface area contributed by atoms with Crippen LogP contribution in [0.25, 0.3) is 11.3 Å². The Morgan fingerprint density at radius 3 is 2.78 bits per heavy atom. The fraction of sp³-hybridized carbons (Fsp3) is 0.0625. The van der Waals surface area contributed by atoms with Gasteiger partial charge in [0, 0.05) is 22.8 Å². The van der Waals surface area contributed by atoms with E-state index >= 15 is 0 Å². The molecule has 0 saturated heterocycles. The van der Waals surface area contributed by atoms with E-state index in [0.29, 0.717) is 16.5 Å². The Morgan fingerprint density at radius 1 is 1.26 bits per heavy atom. The molecule has 2 aromatic heterocycles. The van der Waals surface area contributed by atoms with E-state index in [1.165, 1.54) is 12.3 Å². The molecule has 0 spiro atoms. The SMILES string of the molecule is O=C(NCc1cc(-c2ccc(Cl)cc2)on1)c1ccc[nH]c1=O. The minimum absolute atomic E-state index is 0.0499. The van der Waals surface area contributed by atoms with Crippen LogP contribution < -0.4 is 10.9 Å². The number of pyridine rings is 1. The smallest absolute Gasteiger partial charge is 0.260 e. The fourth-order valence-corrected chi connectivity index (χ4v) is 2.14. The number of amides is 1. The maximum Gasteiger partial charge on any atom is 0.260 e. The van der Waals surface area contributed by atoms with Crippen LogP contribution in [0.5, 0.6) is 0 Å². The van der Waals surface area contributed by atoms with Crippen molar-refractivity contribution in [3.8, 4) is 11.3 Å². The molecule has 116 valence electrons. The number of aromatic amines is 1. The van der Waals surface area contributed by atoms with Crippen LogP contribution in [0, 0.1) is 0 Å². The number of hydrogen-bond acceptors (Lipinski definition) is 4. The molecular formula is C16H12ClN3O3. The zero-order valence-electron chi connectivity index (χ0n) is 11.9. The summed E-state index contributed by atoms with van der Waals surface area (Å²) in [5, 5.41) is 7.16. The zero-order valence-corrected chi connectivity index (χ0v) is 12.6. The van der Waals surface area contributed by atoms with E-state index in [9.17, 15) is 9.59 Å². The van der Waals surface area contributed by atoms with Crippen LogP contribution in [0.15, 0.2) is 58.0 Å². The number of halogens is 1. The second-order valence-electron chi connectivity index (χ2n) is 4.78. The largest absolute Gasteiger partial charge is 0.356 e. The number of benzene rings is 1. The summed E-state index contributed by atoms with van der Waals surface area (Å²) in [5.41, 5.74) is 0.996. The molecule has 2 N–H and O–H groups in total. The average molecular weight is 330 g/mol. The normalized spacial score (nSPS) is 10.5. The van der Waals surface area contributed by atoms with E-state index in [4.69, 9.17) is 16.1 Å². The lowest BCUT2D eigenvalue weighted by atomic mass is 10.1. The van der Waals surface area contributed by atoms with Crippen LogP contribution in [0.4, 0.5) is 0 Å². The molecule has 0 bridgehead atoms. The van der Waals surface area contributed by atoms with Crippen molar-refractivity contribution in [2.24, 2.45) is 0 Å². The molecule has 3 rings (SSSR count). The first kappa shape index (κ1) is 15.1. The van der Waals surface area contributed by atoms with Gasteiger partial charge in [-0.3, -0.25) is 9.59 Å². The molecule has 0 radical (unpaired) electrons. The number of carbonyl (C=O) groups excluding carboxylic acids is 1. The van der Waals surface area contributed by atoms with Crippen molar-refractivity contribution in [2.45, 2.75) is 6.54 Å². The van der Waals surface area contributed by atoms with Crippen LogP contribution in [-0.2, 0) is 6.54 Å². The Kier molecular flexibility index (Phi) is 4.25. The van der Waals surface area contributed by atoms with Gasteiger partial charge in [0.2, 0.25) is 0 Å². The number of nitrogens with zero attached hydrogens (tertiary/aromatic N) is 1. The molecular weight excluding hydrogens is 318 g/mol. The molecule has 1 aromatic carbocycles. The topological polar surface area (TPSA) is 88.0 Å². The van der Waals surface area contributed by atoms with Crippen molar-refractivity contribution < 1.29 is 9.32 Å². The molecule has 0 atom stereocenters. The maximum atomic E-state index is 11.9. The fourth-order valence-electron chi connectivity index (χ4n) is 2.01. The highest BCUT2D eigenvalue weighted by molar-refractivity contribution is 6.30. The minimum atomic E-state index is -0.470. The molecule has 0 aliphatic heterocycles. The average Bonchev–Trinajstić information content (AvgIpc) is 3.03. The number of H-pyrrole nitrogens is 1. The van der Waals surface area contributed by atoms with Gasteiger partial charge in [0.15, 0.2) is 5.76 Å². The summed E-state index contributed by atoms with van der Waals surface area (Å²) in [7, 11) is 0. The number of rotatable bonds is 4. The quantitative estimate of drug-likeness (QED) is 0.770. The highest BCUT2D eigenvalue weighted by Crippen LogP contribution is 2.22. The van der Waals surface area contributed by atoms with E-state index in [2.05, 4.69) is 15.5 Å². The maximum absolute atomic E-state index is 11.9. The predicted molar refractivity (Wildman–Crippen MR) is 85.2 cm³/mol. The summed E-state index contributed by atoms with van der Waals surface area (Å²) < 4.78 is 5.24. The lowest BCUT2D eigenvalue weighted by molar-refractivity contribution is 0.0948. The molecule has 0 fully saturated rings. The van der Waals surface area contributed by atoms with E-state index < -0.39 is 11.5 Å². The summed E-state index contributed by atoms with van der Waals surface area (Å²) in [6.07, 6.45) is 1.47. The van der Waals surface area contributed by atoms with Gasteiger partial charge < -0.3 is 14.8 Å². The Hall–Kier alpha value is -2.86. The van der Waals surface area contributed by atoms with Crippen molar-refractivity contribution in [3.63, 3.8) is 0 Å². The van der Waals surface area contributed by atoms with E-state index in [1.807, 2.05) is 12.1 Å². The Morgan fingerprint density at radius 2 is 2.04 bits per heavy atom. The molecule has 0 saturated carbocycles. The molecule has 7 heteroatoms. The third kappa shape index (κ3) is 3.49. The van der Waals surface area contributed by atoms with Crippen LogP contribution in [0.2, 0.25) is 5.02 Å². The standard InChI is InChI=1S/C16H12ClN3O3/c17-11-5-3-10(4-6-11)14-8-12(20-23-14)9-19-16(22)13-2-1-7-18-15(13)21/h1-8H,9H2,(H,18,21)(H,19,22). The molecule has 3 aromatic rings. The molecule has 23 heavy (non-hydrogen) atoms. The highest BCUT2D eigenvalue weighted by Gasteiger charge is 2.11. The van der Waals surface area contributed by atoms with Crippen molar-refractivity contribution in [1.82, 2.24) is 15.5 Å². The van der Waals surface area contributed by atoms with E-state index in [1.54, 1.807) is 24.3 Å². The summed E-state index contributed by atoms with van der Waals surface area (Å²) >= 11 is 5.84. The van der Waals surface area contributed by atoms with Gasteiger partial charge in [-0.2, -0.15) is 0 Å². The zero-order chi connectivity index (χ0) is 16.2. The summed E-state index contributed by atoms with van der Waals surface area (Å²) in [4.78, 5) is 25.9. The van der Waals surface area contributed by atoms with Crippen molar-refractivity contribution in [1.29, 1.82) is 0 Å². The third-order valence-corrected chi connectivity index (χ3v) is 3.43. The number of hydrogen-bond donors (Lipinski definition) is 2. The molecule has 2 heterocycles. The number of carbonyl (C=O) groups is 1. The Labute approximate surface area is 136 Å². The van der Waals surface area contributed by atoms with Gasteiger partial charge >= 0.3 is 0 Å². The minimum Gasteiger partial charge on any atom is -0.356 e. The van der Waals surface area contributed by atoms with E-state index in [-0.39, 0.29) is 12.1 Å². The summed E-state index contributed by atoms with van der Waals surface area (Å²) in [6, 6.07) is 11.9. The molecule has 0 unspecified atom stereocenters. The second kappa shape index (κ2) is 6.50. The molecule has 6 nitrogen and oxygen atoms in total. The molecule has 1 amide bonds. The first-order chi connectivity index (χ1) is 11.1. The number of nitrogens with one attached hydrogen (secondary N) is 2. The monoisotopic (exact) mass is 329 g/mol. The van der Waals surface area contributed by atoms with Crippen LogP contribution in [0.3, 0.4) is 0 Å². The third-order valence-electron chi connectivity index (χ3n) is 3.18. The lowest BCUT2D eigenvalue weighted by Crippen LogP contribution is -2.28. The molecule has 0 aliphatic carbocycles. The number of aromatic nitrogens is 2. The van der Waals surface area contributed by atoms with Gasteiger partial charge in [0.05, 0.1) is 6.54 Å². The van der Waals surface area contributed by atoms with Gasteiger partial charge in [0.1, 0.15) is 11.3 Å². The molecule has 0 aliphatic rings.